The number of halogens is 1. The predicted octanol–water partition coefficient (Wildman–Crippen LogP) is -2.54. The molecule has 36 heavy (non-hydrogen) atoms. The zero-order valence-corrected chi connectivity index (χ0v) is 55.3. The van der Waals surface area contributed by atoms with Crippen LogP contribution in [0.4, 0.5) is 0 Å². The van der Waals surface area contributed by atoms with E-state index in [1.807, 2.05) is 55.6 Å². The molecule has 15 heteroatoms. The van der Waals surface area contributed by atoms with Gasteiger partial charge in [0.1, 0.15) is 0 Å². The Morgan fingerprint density at radius 1 is 0.722 bits per heavy atom. The van der Waals surface area contributed by atoms with Gasteiger partial charge in [0.15, 0.2) is 0 Å². The number of hydrogen-bond acceptors (Lipinski definition) is 3. The van der Waals surface area contributed by atoms with E-state index in [1.165, 1.54) is 253 Å². The third-order valence-electron chi connectivity index (χ3n) is 3.82. The molecule has 2 amide bonds. The fraction of sp³-hybridized carbons (Fsp3) is 0.333. The average molecular weight is 787 g/mol. The average Bonchev–Trinajstić information content (AvgIpc) is 2.93. The fourth-order valence-corrected chi connectivity index (χ4v) is 2.89. The van der Waals surface area contributed by atoms with Crippen molar-refractivity contribution in [1.82, 2.24) is 15.1 Å². The zero-order chi connectivity index (χ0) is 28.4. The van der Waals surface area contributed by atoms with Crippen LogP contribution in [0.5, 0.6) is 0 Å². The summed E-state index contributed by atoms with van der Waals surface area (Å²) in [5.41, 5.74) is 3.60. The number of amides is 2. The molecule has 0 heterocycles. The maximum absolute atomic E-state index is 11.7. The summed E-state index contributed by atoms with van der Waals surface area (Å²) in [5, 5.41) is 3.76. The molecule has 0 radical (unpaired) electrons. The quantitative estimate of drug-likeness (QED) is 0.269. The van der Waals surface area contributed by atoms with E-state index in [0.717, 1.165) is 28.8 Å². The molecule has 0 fully saturated rings. The Bertz CT molecular complexity index is 796. The van der Waals surface area contributed by atoms with Crippen LogP contribution in [-0.4, -0.2) is 309 Å². The molecule has 2 rings (SSSR count). The van der Waals surface area contributed by atoms with Crippen LogP contribution in [-0.2, 0) is 11.9 Å². The van der Waals surface area contributed by atoms with Gasteiger partial charge >= 0.3 is 304 Å². The van der Waals surface area contributed by atoms with Crippen molar-refractivity contribution in [3.05, 3.63) is 70.8 Å². The second kappa shape index (κ2) is 45.6. The molecule has 156 valence electrons. The molecule has 1 N–H and O–H groups in total. The third kappa shape index (κ3) is 31.3. The summed E-state index contributed by atoms with van der Waals surface area (Å²) in [7, 11) is 8.91. The molecule has 0 unspecified atom stereocenters. The molecular formula is C21H29BrK9N3O2. The van der Waals surface area contributed by atoms with E-state index in [4.69, 9.17) is 0 Å². The number of rotatable bonds is 5. The Labute approximate surface area is 453 Å². The maximum atomic E-state index is 11.7. The minimum atomic E-state index is 0. The minimum absolute atomic E-state index is 0. The Kier molecular flexibility index (Phi) is 73.3. The number of alkyl halides is 1. The number of nitrogens with one attached hydrogen (secondary N) is 1. The molecule has 0 atom stereocenters. The molecule has 0 aliphatic carbocycles. The van der Waals surface area contributed by atoms with Crippen molar-refractivity contribution in [1.29, 1.82) is 0 Å². The number of hydrogen-bond donors (Lipinski definition) is 1. The van der Waals surface area contributed by atoms with Crippen LogP contribution in [0.3, 0.4) is 0 Å². The first-order valence-electron chi connectivity index (χ1n) is 12.6. The molecule has 0 saturated carbocycles. The monoisotopic (exact) mass is 785 g/mol. The van der Waals surface area contributed by atoms with Gasteiger partial charge in [0, 0.05) is 51.2 Å². The van der Waals surface area contributed by atoms with Gasteiger partial charge in [0.05, 0.1) is 0 Å². The Hall–Kier alpha value is 12.5. The Morgan fingerprint density at radius 3 is 1.33 bits per heavy atom. The van der Waals surface area contributed by atoms with Crippen molar-refractivity contribution in [3.63, 3.8) is 0 Å². The molecule has 5 nitrogen and oxygen atoms in total. The zero-order valence-electron chi connectivity index (χ0n) is 26.6. The van der Waals surface area contributed by atoms with Crippen molar-refractivity contribution in [2.75, 3.05) is 35.2 Å². The van der Waals surface area contributed by atoms with E-state index in [9.17, 15) is 9.59 Å². The van der Waals surface area contributed by atoms with E-state index in [-0.39, 0.29) is 64.6 Å². The van der Waals surface area contributed by atoms with Crippen LogP contribution >= 0.6 is 15.9 Å². The van der Waals surface area contributed by atoms with Gasteiger partial charge in [-0.3, -0.25) is 9.59 Å². The van der Waals surface area contributed by atoms with Crippen LogP contribution in [0.1, 0.15) is 33.3 Å². The molecule has 0 saturated heterocycles. The van der Waals surface area contributed by atoms with Gasteiger partial charge in [0.2, 0.25) is 0 Å². The number of nitrogens with zero attached hydrogens (tertiary/aromatic N) is 2. The van der Waals surface area contributed by atoms with E-state index in [2.05, 4.69) is 21.2 Å². The van der Waals surface area contributed by atoms with Gasteiger partial charge in [0.25, 0.3) is 11.8 Å². The fourth-order valence-electron chi connectivity index (χ4n) is 2.40. The number of carbonyl (C=O) groups excluding carboxylic acids is 2. The van der Waals surface area contributed by atoms with E-state index in [0.29, 0.717) is 5.33 Å². The van der Waals surface area contributed by atoms with Crippen LogP contribution in [0.25, 0.3) is 0 Å². The first-order chi connectivity index (χ1) is 16.8. The van der Waals surface area contributed by atoms with Gasteiger partial charge < -0.3 is 16.5 Å². The van der Waals surface area contributed by atoms with Crippen LogP contribution in [0.2, 0.25) is 0 Å². The van der Waals surface area contributed by atoms with Crippen molar-refractivity contribution in [2.45, 2.75) is 11.9 Å². The first kappa shape index (κ1) is 57.9. The number of carbonyl (C=O) groups is 2. The van der Waals surface area contributed by atoms with Gasteiger partial charge in [-0.25, -0.2) is 0 Å². The molecule has 2 aromatic rings. The van der Waals surface area contributed by atoms with E-state index >= 15 is 0 Å². The standard InChI is InChI=1S/C11H16N2O.C10H12BrNO.9K.H/c1-12-8-9-6-4-5-7-10(9)11(14)13(2)3;1-12(2)10(13)9-6-4-3-5-8(9)7-11;;;;;;;;;;/h4-7,12H,8H2,1-3H3;3-6H,7H2,1-2H3;;;;;;;;;;/q;;;;;;;;;;+1;-1. The third-order valence-corrected chi connectivity index (χ3v) is 4.42. The normalized spacial score (nSPS) is 8.28. The topological polar surface area (TPSA) is 52.7 Å². The van der Waals surface area contributed by atoms with Gasteiger partial charge in [-0.15, -0.1) is 0 Å². The van der Waals surface area contributed by atoms with Gasteiger partial charge in [-0.05, 0) is 30.3 Å². The van der Waals surface area contributed by atoms with Crippen molar-refractivity contribution in [3.8, 4) is 0 Å². The summed E-state index contributed by atoms with van der Waals surface area (Å²) in [6.07, 6.45) is 0. The van der Waals surface area contributed by atoms with Gasteiger partial charge in [-0.1, -0.05) is 52.3 Å². The van der Waals surface area contributed by atoms with Crippen molar-refractivity contribution < 1.29 is 62.4 Å². The first-order valence-corrected chi connectivity index (χ1v) is 77.7. The molecule has 0 aliphatic rings. The molecule has 2 aromatic carbocycles. The summed E-state index contributed by atoms with van der Waals surface area (Å²) >= 11 is 13.4. The second-order valence-corrected chi connectivity index (χ2v) is 6.94. The molecular weight excluding hydrogens is 758 g/mol. The summed E-state index contributed by atoms with van der Waals surface area (Å²) in [5.74, 6) is 0.103. The Morgan fingerprint density at radius 2 is 1.03 bits per heavy atom. The molecule has 0 aromatic heterocycles. The molecule has 0 bridgehead atoms. The van der Waals surface area contributed by atoms with Crippen LogP contribution in [0.15, 0.2) is 48.5 Å². The van der Waals surface area contributed by atoms with Crippen molar-refractivity contribution >= 4 is 280 Å². The summed E-state index contributed by atoms with van der Waals surface area (Å²) in [6.45, 7) is 0.718. The predicted molar refractivity (Wildman–Crippen MR) is 161 cm³/mol. The summed E-state index contributed by atoms with van der Waals surface area (Å²) in [4.78, 5) is 26.5. The molecule has 0 spiro atoms. The SMILES string of the molecule is CN(C)C(=O)c1ccccc1CBr.CNCc1ccccc1C(=O)N(C)C.[H-].[K+].[K][K].[K][K].[K][K].[K][K]. The van der Waals surface area contributed by atoms with Crippen molar-refractivity contribution in [2.24, 2.45) is 0 Å². The summed E-state index contributed by atoms with van der Waals surface area (Å²) < 4.78 is 0. The second-order valence-electron chi connectivity index (χ2n) is 6.38. The number of benzene rings is 2. The van der Waals surface area contributed by atoms with Crippen LogP contribution < -0.4 is 56.7 Å². The van der Waals surface area contributed by atoms with E-state index < -0.39 is 0 Å². The summed E-state index contributed by atoms with van der Waals surface area (Å²) in [6, 6.07) is 15.3. The van der Waals surface area contributed by atoms with Crippen LogP contribution in [0, 0.1) is 0 Å². The van der Waals surface area contributed by atoms with E-state index in [1.54, 1.807) is 38.0 Å². The molecule has 0 aliphatic heterocycles. The van der Waals surface area contributed by atoms with Gasteiger partial charge in [-0.2, -0.15) is 0 Å². The Balaban J connectivity index is -0.0000000980.